The summed E-state index contributed by atoms with van der Waals surface area (Å²) in [5, 5.41) is 0.0734. The van der Waals surface area contributed by atoms with Crippen molar-refractivity contribution in [2.45, 2.75) is 50.6 Å². The second kappa shape index (κ2) is 8.10. The van der Waals surface area contributed by atoms with Gasteiger partial charge >= 0.3 is 0 Å². The molecular weight excluding hydrogens is 312 g/mol. The monoisotopic (exact) mass is 344 g/mol. The summed E-state index contributed by atoms with van der Waals surface area (Å²) < 4.78 is 12.9. The molecular formula is C21H32O2Si. The number of ether oxygens (including phenoxy) is 1. The van der Waals surface area contributed by atoms with E-state index in [1.807, 2.05) is 42.5 Å². The topological polar surface area (TPSA) is 18.5 Å². The van der Waals surface area contributed by atoms with Gasteiger partial charge in [-0.1, -0.05) is 82.5 Å². The van der Waals surface area contributed by atoms with Crippen molar-refractivity contribution >= 4 is 8.32 Å². The van der Waals surface area contributed by atoms with Gasteiger partial charge in [0.15, 0.2) is 8.32 Å². The van der Waals surface area contributed by atoms with Crippen LogP contribution >= 0.6 is 0 Å². The van der Waals surface area contributed by atoms with Crippen LogP contribution in [0.3, 0.4) is 0 Å². The molecule has 0 radical (unpaired) electrons. The van der Waals surface area contributed by atoms with Crippen molar-refractivity contribution in [2.75, 3.05) is 6.61 Å². The second-order valence-corrected chi connectivity index (χ2v) is 12.3. The van der Waals surface area contributed by atoms with Crippen molar-refractivity contribution in [3.05, 3.63) is 73.9 Å². The molecule has 0 N–H and O–H groups in total. The average molecular weight is 345 g/mol. The van der Waals surface area contributed by atoms with Gasteiger partial charge in [0, 0.05) is 0 Å². The maximum Gasteiger partial charge on any atom is 0.193 e. The predicted molar refractivity (Wildman–Crippen MR) is 107 cm³/mol. The van der Waals surface area contributed by atoms with Crippen molar-refractivity contribution in [1.29, 1.82) is 0 Å². The van der Waals surface area contributed by atoms with E-state index in [4.69, 9.17) is 9.16 Å². The van der Waals surface area contributed by atoms with E-state index in [1.54, 1.807) is 6.08 Å². The smallest absolute Gasteiger partial charge is 0.193 e. The first kappa shape index (κ1) is 20.6. The molecule has 1 aromatic rings. The molecule has 132 valence electrons. The zero-order valence-corrected chi connectivity index (χ0v) is 16.8. The van der Waals surface area contributed by atoms with Gasteiger partial charge in [-0.15, -0.1) is 6.58 Å². The van der Waals surface area contributed by atoms with Crippen molar-refractivity contribution in [3.8, 4) is 0 Å². The lowest BCUT2D eigenvalue weighted by Crippen LogP contribution is -2.51. The van der Waals surface area contributed by atoms with Gasteiger partial charge in [-0.2, -0.15) is 0 Å². The quantitative estimate of drug-likeness (QED) is 0.400. The zero-order chi connectivity index (χ0) is 18.4. The van der Waals surface area contributed by atoms with Crippen molar-refractivity contribution in [2.24, 2.45) is 0 Å². The Labute approximate surface area is 149 Å². The third-order valence-electron chi connectivity index (χ3n) is 4.77. The molecule has 0 aliphatic heterocycles. The van der Waals surface area contributed by atoms with Gasteiger partial charge in [0.1, 0.15) is 11.7 Å². The Morgan fingerprint density at radius 2 is 1.58 bits per heavy atom. The van der Waals surface area contributed by atoms with Crippen LogP contribution in [0.15, 0.2) is 68.3 Å². The SMILES string of the molecule is C=CCO[C@@H](c1ccccc1)C(C=C)(C=C)O[Si](C)(C)C(C)(C)C. The Hall–Kier alpha value is -1.42. The molecule has 1 rings (SSSR count). The van der Waals surface area contributed by atoms with Gasteiger partial charge in [0.25, 0.3) is 0 Å². The minimum absolute atomic E-state index is 0.0734. The van der Waals surface area contributed by atoms with E-state index in [-0.39, 0.29) is 11.1 Å². The number of benzene rings is 1. The summed E-state index contributed by atoms with van der Waals surface area (Å²) in [7, 11) is -2.07. The van der Waals surface area contributed by atoms with Crippen molar-refractivity contribution in [3.63, 3.8) is 0 Å². The molecule has 0 aliphatic carbocycles. The lowest BCUT2D eigenvalue weighted by molar-refractivity contribution is -0.0408. The summed E-state index contributed by atoms with van der Waals surface area (Å²) >= 11 is 0. The van der Waals surface area contributed by atoms with Gasteiger partial charge in [-0.25, -0.2) is 0 Å². The van der Waals surface area contributed by atoms with Crippen LogP contribution in [-0.4, -0.2) is 20.5 Å². The Bertz CT molecular complexity index is 547. The van der Waals surface area contributed by atoms with Crippen LogP contribution in [0, 0.1) is 0 Å². The number of rotatable bonds is 9. The first-order chi connectivity index (χ1) is 11.1. The Kier molecular flexibility index (Phi) is 6.96. The second-order valence-electron chi connectivity index (χ2n) is 7.54. The fourth-order valence-electron chi connectivity index (χ4n) is 2.31. The molecule has 0 amide bonds. The molecule has 0 aliphatic rings. The van der Waals surface area contributed by atoms with Crippen LogP contribution in [0.5, 0.6) is 0 Å². The molecule has 1 aromatic carbocycles. The van der Waals surface area contributed by atoms with E-state index < -0.39 is 13.9 Å². The normalized spacial score (nSPS) is 14.0. The molecule has 0 spiro atoms. The summed E-state index contributed by atoms with van der Waals surface area (Å²) in [6.45, 7) is 23.4. The standard InChI is InChI=1S/C21H32O2Si/c1-9-17-22-19(18-15-13-12-14-16-18)21(10-2,11-3)23-24(7,8)20(4,5)6/h9-16,19H,1-3,17H2,4-8H3/t19-/m0/s1. The highest BCUT2D eigenvalue weighted by Crippen LogP contribution is 2.44. The summed E-state index contributed by atoms with van der Waals surface area (Å²) in [4.78, 5) is 0. The molecule has 0 aromatic heterocycles. The van der Waals surface area contributed by atoms with Crippen LogP contribution in [0.4, 0.5) is 0 Å². The van der Waals surface area contributed by atoms with Gasteiger partial charge in [-0.3, -0.25) is 0 Å². The van der Waals surface area contributed by atoms with Gasteiger partial charge in [0.2, 0.25) is 0 Å². The van der Waals surface area contributed by atoms with Crippen molar-refractivity contribution < 1.29 is 9.16 Å². The highest BCUT2D eigenvalue weighted by atomic mass is 28.4. The first-order valence-electron chi connectivity index (χ1n) is 8.38. The van der Waals surface area contributed by atoms with E-state index in [1.165, 1.54) is 0 Å². The van der Waals surface area contributed by atoms with Gasteiger partial charge in [0.05, 0.1) is 6.61 Å². The first-order valence-corrected chi connectivity index (χ1v) is 11.3. The largest absolute Gasteiger partial charge is 0.402 e. The van der Waals surface area contributed by atoms with Crippen LogP contribution in [0.2, 0.25) is 18.1 Å². The van der Waals surface area contributed by atoms with Crippen LogP contribution in [0.25, 0.3) is 0 Å². The average Bonchev–Trinajstić information content (AvgIpc) is 2.53. The number of hydrogen-bond donors (Lipinski definition) is 0. The highest BCUT2D eigenvalue weighted by Gasteiger charge is 2.46. The summed E-state index contributed by atoms with van der Waals surface area (Å²) in [5.41, 5.74) is 0.255. The van der Waals surface area contributed by atoms with E-state index in [0.717, 1.165) is 5.56 Å². The molecule has 0 unspecified atom stereocenters. The molecule has 2 nitrogen and oxygen atoms in total. The van der Waals surface area contributed by atoms with Crippen LogP contribution in [-0.2, 0) is 9.16 Å². The molecule has 3 heteroatoms. The molecule has 0 fully saturated rings. The minimum atomic E-state index is -2.07. The van der Waals surface area contributed by atoms with E-state index >= 15 is 0 Å². The Balaban J connectivity index is 3.37. The molecule has 24 heavy (non-hydrogen) atoms. The minimum Gasteiger partial charge on any atom is -0.402 e. The maximum atomic E-state index is 6.75. The fourth-order valence-corrected chi connectivity index (χ4v) is 3.77. The summed E-state index contributed by atoms with van der Waals surface area (Å²) in [6.07, 6.45) is 5.07. The fraction of sp³-hybridized carbons (Fsp3) is 0.429. The Morgan fingerprint density at radius 1 is 1.04 bits per heavy atom. The molecule has 0 saturated heterocycles. The molecule has 0 heterocycles. The maximum absolute atomic E-state index is 6.75. The van der Waals surface area contributed by atoms with Crippen LogP contribution < -0.4 is 0 Å². The zero-order valence-electron chi connectivity index (χ0n) is 15.8. The lowest BCUT2D eigenvalue weighted by Gasteiger charge is -2.46. The lowest BCUT2D eigenvalue weighted by atomic mass is 9.91. The van der Waals surface area contributed by atoms with E-state index in [9.17, 15) is 0 Å². The van der Waals surface area contributed by atoms with E-state index in [2.05, 4.69) is 53.6 Å². The molecule has 0 bridgehead atoms. The van der Waals surface area contributed by atoms with Crippen LogP contribution in [0.1, 0.15) is 32.4 Å². The third kappa shape index (κ3) is 4.56. The Morgan fingerprint density at radius 3 is 2.00 bits per heavy atom. The van der Waals surface area contributed by atoms with Gasteiger partial charge < -0.3 is 9.16 Å². The third-order valence-corrected chi connectivity index (χ3v) is 9.25. The molecule has 0 saturated carbocycles. The molecule has 1 atom stereocenters. The van der Waals surface area contributed by atoms with E-state index in [0.29, 0.717) is 6.61 Å². The van der Waals surface area contributed by atoms with Gasteiger partial charge in [-0.05, 0) is 23.7 Å². The van der Waals surface area contributed by atoms with Crippen molar-refractivity contribution in [1.82, 2.24) is 0 Å². The predicted octanol–water partition coefficient (Wildman–Crippen LogP) is 6.06. The summed E-state index contributed by atoms with van der Waals surface area (Å²) in [6, 6.07) is 10.1. The summed E-state index contributed by atoms with van der Waals surface area (Å²) in [5.74, 6) is 0. The highest BCUT2D eigenvalue weighted by molar-refractivity contribution is 6.74. The number of hydrogen-bond acceptors (Lipinski definition) is 2.